The highest BCUT2D eigenvalue weighted by Gasteiger charge is 2.21. The SMILES string of the molecule is CC(NC(=O)OC(C)(C)C)C(=O)Nc1cc(-c2ccncc2)[nH]n1. The van der Waals surface area contributed by atoms with E-state index in [-0.39, 0.29) is 0 Å². The Balaban J connectivity index is 1.92. The van der Waals surface area contributed by atoms with Gasteiger partial charge in [0.15, 0.2) is 5.82 Å². The van der Waals surface area contributed by atoms with E-state index >= 15 is 0 Å². The third-order valence-corrected chi connectivity index (χ3v) is 2.95. The molecule has 24 heavy (non-hydrogen) atoms. The van der Waals surface area contributed by atoms with Crippen molar-refractivity contribution in [2.24, 2.45) is 0 Å². The molecule has 0 saturated heterocycles. The van der Waals surface area contributed by atoms with E-state index in [9.17, 15) is 9.59 Å². The van der Waals surface area contributed by atoms with Gasteiger partial charge in [0.1, 0.15) is 11.6 Å². The van der Waals surface area contributed by atoms with Crippen LogP contribution >= 0.6 is 0 Å². The maximum Gasteiger partial charge on any atom is 0.408 e. The third kappa shape index (κ3) is 5.08. The van der Waals surface area contributed by atoms with Crippen LogP contribution in [0.1, 0.15) is 27.7 Å². The van der Waals surface area contributed by atoms with Gasteiger partial charge in [0.25, 0.3) is 0 Å². The van der Waals surface area contributed by atoms with E-state index in [4.69, 9.17) is 4.74 Å². The van der Waals surface area contributed by atoms with Crippen LogP contribution < -0.4 is 10.6 Å². The number of nitrogens with one attached hydrogen (secondary N) is 3. The minimum absolute atomic E-state index is 0.365. The molecule has 0 saturated carbocycles. The summed E-state index contributed by atoms with van der Waals surface area (Å²) in [5.74, 6) is -0.0294. The molecule has 3 N–H and O–H groups in total. The second kappa shape index (κ2) is 7.12. The Labute approximate surface area is 140 Å². The average Bonchev–Trinajstić information content (AvgIpc) is 2.94. The maximum absolute atomic E-state index is 12.1. The fraction of sp³-hybridized carbons (Fsp3) is 0.375. The summed E-state index contributed by atoms with van der Waals surface area (Å²) in [6.07, 6.45) is 2.69. The first-order chi connectivity index (χ1) is 11.2. The van der Waals surface area contributed by atoms with E-state index in [0.717, 1.165) is 11.3 Å². The summed E-state index contributed by atoms with van der Waals surface area (Å²) in [5, 5.41) is 12.0. The number of carbonyl (C=O) groups is 2. The van der Waals surface area contributed by atoms with Gasteiger partial charge >= 0.3 is 6.09 Å². The third-order valence-electron chi connectivity index (χ3n) is 2.95. The summed E-state index contributed by atoms with van der Waals surface area (Å²) in [5.41, 5.74) is 1.03. The quantitative estimate of drug-likeness (QED) is 0.796. The molecule has 0 aliphatic rings. The van der Waals surface area contributed by atoms with Crippen molar-refractivity contribution in [3.05, 3.63) is 30.6 Å². The van der Waals surface area contributed by atoms with Gasteiger partial charge in [0, 0.05) is 24.0 Å². The summed E-state index contributed by atoms with van der Waals surface area (Å²) in [4.78, 5) is 27.7. The number of carbonyl (C=O) groups excluding carboxylic acids is 2. The maximum atomic E-state index is 12.1. The van der Waals surface area contributed by atoms with Crippen molar-refractivity contribution in [3.63, 3.8) is 0 Å². The Hall–Kier alpha value is -2.90. The molecule has 2 heterocycles. The van der Waals surface area contributed by atoms with Gasteiger partial charge in [-0.15, -0.1) is 0 Å². The van der Waals surface area contributed by atoms with Crippen LogP contribution in [-0.2, 0) is 9.53 Å². The Morgan fingerprint density at radius 1 is 1.25 bits per heavy atom. The number of aromatic amines is 1. The second-order valence-corrected chi connectivity index (χ2v) is 6.26. The lowest BCUT2D eigenvalue weighted by molar-refractivity contribution is -0.117. The van der Waals surface area contributed by atoms with Crippen LogP contribution in [0.5, 0.6) is 0 Å². The van der Waals surface area contributed by atoms with Gasteiger partial charge in [-0.1, -0.05) is 0 Å². The van der Waals surface area contributed by atoms with Gasteiger partial charge in [-0.05, 0) is 39.8 Å². The molecule has 2 rings (SSSR count). The molecule has 1 unspecified atom stereocenters. The van der Waals surface area contributed by atoms with Gasteiger partial charge in [-0.3, -0.25) is 14.9 Å². The Morgan fingerprint density at radius 3 is 2.54 bits per heavy atom. The predicted molar refractivity (Wildman–Crippen MR) is 89.3 cm³/mol. The lowest BCUT2D eigenvalue weighted by atomic mass is 10.2. The van der Waals surface area contributed by atoms with Crippen molar-refractivity contribution < 1.29 is 14.3 Å². The highest BCUT2D eigenvalue weighted by Crippen LogP contribution is 2.18. The lowest BCUT2D eigenvalue weighted by Gasteiger charge is -2.21. The zero-order valence-corrected chi connectivity index (χ0v) is 14.1. The molecule has 8 heteroatoms. The monoisotopic (exact) mass is 331 g/mol. The number of ether oxygens (including phenoxy) is 1. The number of alkyl carbamates (subject to hydrolysis) is 1. The molecule has 128 valence electrons. The minimum Gasteiger partial charge on any atom is -0.444 e. The normalized spacial score (nSPS) is 12.3. The fourth-order valence-corrected chi connectivity index (χ4v) is 1.85. The molecule has 2 aromatic rings. The van der Waals surface area contributed by atoms with Crippen LogP contribution in [0, 0.1) is 0 Å². The highest BCUT2D eigenvalue weighted by atomic mass is 16.6. The van der Waals surface area contributed by atoms with Gasteiger partial charge in [-0.25, -0.2) is 4.79 Å². The molecule has 2 aromatic heterocycles. The van der Waals surface area contributed by atoms with Crippen molar-refractivity contribution in [2.75, 3.05) is 5.32 Å². The lowest BCUT2D eigenvalue weighted by Crippen LogP contribution is -2.44. The number of anilines is 1. The molecule has 0 radical (unpaired) electrons. The van der Waals surface area contributed by atoms with Gasteiger partial charge in [-0.2, -0.15) is 5.10 Å². The van der Waals surface area contributed by atoms with Crippen LogP contribution in [0.15, 0.2) is 30.6 Å². The number of rotatable bonds is 4. The van der Waals surface area contributed by atoms with Gasteiger partial charge in [0.05, 0.1) is 5.69 Å². The molecular formula is C16H21N5O3. The van der Waals surface area contributed by atoms with E-state index in [1.165, 1.54) is 0 Å². The van der Waals surface area contributed by atoms with Crippen molar-refractivity contribution in [3.8, 4) is 11.3 Å². The minimum atomic E-state index is -0.763. The zero-order chi connectivity index (χ0) is 17.7. The van der Waals surface area contributed by atoms with E-state index < -0.39 is 23.6 Å². The number of pyridine rings is 1. The number of amides is 2. The molecule has 0 bridgehead atoms. The van der Waals surface area contributed by atoms with E-state index in [1.54, 1.807) is 46.2 Å². The van der Waals surface area contributed by atoms with Crippen LogP contribution in [0.25, 0.3) is 11.3 Å². The molecule has 2 amide bonds. The number of hydrogen-bond acceptors (Lipinski definition) is 5. The largest absolute Gasteiger partial charge is 0.444 e. The van der Waals surface area contributed by atoms with Crippen LogP contribution in [0.2, 0.25) is 0 Å². The number of hydrogen-bond donors (Lipinski definition) is 3. The van der Waals surface area contributed by atoms with Crippen LogP contribution in [0.4, 0.5) is 10.6 Å². The molecule has 1 atom stereocenters. The summed E-state index contributed by atoms with van der Waals surface area (Å²) >= 11 is 0. The smallest absolute Gasteiger partial charge is 0.408 e. The number of nitrogens with zero attached hydrogens (tertiary/aromatic N) is 2. The summed E-state index contributed by atoms with van der Waals surface area (Å²) < 4.78 is 5.11. The summed E-state index contributed by atoms with van der Waals surface area (Å²) in [6.45, 7) is 6.82. The topological polar surface area (TPSA) is 109 Å². The number of H-pyrrole nitrogens is 1. The van der Waals surface area contributed by atoms with Crippen molar-refractivity contribution in [1.29, 1.82) is 0 Å². The predicted octanol–water partition coefficient (Wildman–Crippen LogP) is 2.32. The Morgan fingerprint density at radius 2 is 1.92 bits per heavy atom. The summed E-state index contributed by atoms with van der Waals surface area (Å²) in [6, 6.07) is 4.59. The molecule has 8 nitrogen and oxygen atoms in total. The van der Waals surface area contributed by atoms with Crippen molar-refractivity contribution in [2.45, 2.75) is 39.3 Å². The van der Waals surface area contributed by atoms with Crippen LogP contribution in [-0.4, -0.2) is 38.8 Å². The molecule has 0 aliphatic heterocycles. The average molecular weight is 331 g/mol. The molecular weight excluding hydrogens is 310 g/mol. The van der Waals surface area contributed by atoms with E-state index in [2.05, 4.69) is 25.8 Å². The van der Waals surface area contributed by atoms with Crippen molar-refractivity contribution >= 4 is 17.8 Å². The highest BCUT2D eigenvalue weighted by molar-refractivity contribution is 5.95. The molecule has 0 fully saturated rings. The first kappa shape index (κ1) is 17.5. The van der Waals surface area contributed by atoms with E-state index in [0.29, 0.717) is 5.82 Å². The van der Waals surface area contributed by atoms with Gasteiger partial charge < -0.3 is 15.4 Å². The molecule has 0 spiro atoms. The van der Waals surface area contributed by atoms with Crippen molar-refractivity contribution in [1.82, 2.24) is 20.5 Å². The number of aromatic nitrogens is 3. The summed E-state index contributed by atoms with van der Waals surface area (Å²) in [7, 11) is 0. The second-order valence-electron chi connectivity index (χ2n) is 6.26. The standard InChI is InChI=1S/C16H21N5O3/c1-10(18-15(23)24-16(2,3)4)14(22)19-13-9-12(20-21-13)11-5-7-17-8-6-11/h5-10H,1-4H3,(H,18,23)(H2,19,20,21,22). The van der Waals surface area contributed by atoms with E-state index in [1.807, 2.05) is 12.1 Å². The van der Waals surface area contributed by atoms with Crippen LogP contribution in [0.3, 0.4) is 0 Å². The molecule has 0 aromatic carbocycles. The molecule has 0 aliphatic carbocycles. The van der Waals surface area contributed by atoms with Gasteiger partial charge in [0.2, 0.25) is 5.91 Å². The Bertz CT molecular complexity index is 706. The first-order valence-corrected chi connectivity index (χ1v) is 7.51. The first-order valence-electron chi connectivity index (χ1n) is 7.51. The zero-order valence-electron chi connectivity index (χ0n) is 14.1. The Kier molecular flexibility index (Phi) is 5.18. The fourth-order valence-electron chi connectivity index (χ4n) is 1.85.